The summed E-state index contributed by atoms with van der Waals surface area (Å²) in [6.45, 7) is 1.97. The summed E-state index contributed by atoms with van der Waals surface area (Å²) < 4.78 is 25.4. The predicted molar refractivity (Wildman–Crippen MR) is 111 cm³/mol. The van der Waals surface area contributed by atoms with E-state index in [1.54, 1.807) is 23.9 Å². The molecule has 2 amide bonds. The van der Waals surface area contributed by atoms with E-state index in [0.717, 1.165) is 30.6 Å². The van der Waals surface area contributed by atoms with Crippen molar-refractivity contribution < 1.29 is 18.0 Å². The molecule has 1 aromatic carbocycles. The molecule has 0 saturated heterocycles. The van der Waals surface area contributed by atoms with Gasteiger partial charge in [-0.3, -0.25) is 9.59 Å². The fourth-order valence-electron chi connectivity index (χ4n) is 3.69. The first-order valence-electron chi connectivity index (χ1n) is 9.96. The lowest BCUT2D eigenvalue weighted by Crippen LogP contribution is -2.35. The Bertz CT molecular complexity index is 831. The molecule has 28 heavy (non-hydrogen) atoms. The molecule has 6 nitrogen and oxygen atoms in total. The third-order valence-electron chi connectivity index (χ3n) is 5.20. The van der Waals surface area contributed by atoms with Crippen LogP contribution in [0.4, 0.5) is 5.69 Å². The minimum atomic E-state index is -3.60. The number of rotatable bonds is 5. The Kier molecular flexibility index (Phi) is 7.04. The number of sulfone groups is 1. The number of anilines is 1. The van der Waals surface area contributed by atoms with Crippen molar-refractivity contribution in [1.29, 1.82) is 0 Å². The summed E-state index contributed by atoms with van der Waals surface area (Å²) in [5, 5.41) is 5.91. The summed E-state index contributed by atoms with van der Waals surface area (Å²) in [5.41, 5.74) is 0.531. The van der Waals surface area contributed by atoms with Gasteiger partial charge in [0.15, 0.2) is 9.84 Å². The number of benzene rings is 1. The molecule has 8 heteroatoms. The first-order chi connectivity index (χ1) is 13.3. The SMILES string of the molecule is C[C@@H]1CC(=O)Nc2cc(S(=O)(=O)CCC(=O)NC3CCCCCC3)ccc2S1. The van der Waals surface area contributed by atoms with Crippen LogP contribution in [-0.2, 0) is 19.4 Å². The molecule has 1 saturated carbocycles. The third-order valence-corrected chi connectivity index (χ3v) is 8.10. The average Bonchev–Trinajstić information content (AvgIpc) is 2.96. The molecule has 3 rings (SSSR count). The molecule has 2 aliphatic rings. The van der Waals surface area contributed by atoms with E-state index in [2.05, 4.69) is 10.6 Å². The summed E-state index contributed by atoms with van der Waals surface area (Å²) in [4.78, 5) is 25.1. The smallest absolute Gasteiger partial charge is 0.225 e. The molecular weight excluding hydrogens is 396 g/mol. The zero-order valence-corrected chi connectivity index (χ0v) is 17.8. The topological polar surface area (TPSA) is 92.3 Å². The van der Waals surface area contributed by atoms with Gasteiger partial charge in [0.2, 0.25) is 11.8 Å². The van der Waals surface area contributed by atoms with E-state index >= 15 is 0 Å². The quantitative estimate of drug-likeness (QED) is 0.706. The van der Waals surface area contributed by atoms with Crippen molar-refractivity contribution in [2.24, 2.45) is 0 Å². The van der Waals surface area contributed by atoms with Crippen molar-refractivity contribution in [2.75, 3.05) is 11.1 Å². The van der Waals surface area contributed by atoms with Crippen LogP contribution in [0.5, 0.6) is 0 Å². The van der Waals surface area contributed by atoms with Gasteiger partial charge in [-0.1, -0.05) is 32.6 Å². The van der Waals surface area contributed by atoms with Crippen LogP contribution < -0.4 is 10.6 Å². The maximum Gasteiger partial charge on any atom is 0.225 e. The molecular formula is C20H28N2O4S2. The van der Waals surface area contributed by atoms with Crippen LogP contribution >= 0.6 is 11.8 Å². The van der Waals surface area contributed by atoms with Crippen LogP contribution in [0.2, 0.25) is 0 Å². The van der Waals surface area contributed by atoms with E-state index < -0.39 is 9.84 Å². The zero-order chi connectivity index (χ0) is 20.1. The highest BCUT2D eigenvalue weighted by atomic mass is 32.2. The highest BCUT2D eigenvalue weighted by molar-refractivity contribution is 8.00. The number of hydrogen-bond acceptors (Lipinski definition) is 5. The lowest BCUT2D eigenvalue weighted by atomic mass is 10.1. The minimum absolute atomic E-state index is 0.0476. The summed E-state index contributed by atoms with van der Waals surface area (Å²) in [5.74, 6) is -0.555. The number of thioether (sulfide) groups is 1. The summed E-state index contributed by atoms with van der Waals surface area (Å²) in [7, 11) is -3.60. The number of hydrogen-bond donors (Lipinski definition) is 2. The van der Waals surface area contributed by atoms with Gasteiger partial charge in [-0.2, -0.15) is 0 Å². The number of carbonyl (C=O) groups excluding carboxylic acids is 2. The molecule has 154 valence electrons. The fraction of sp³-hybridized carbons (Fsp3) is 0.600. The largest absolute Gasteiger partial charge is 0.353 e. The summed E-state index contributed by atoms with van der Waals surface area (Å²) in [6.07, 6.45) is 6.91. The third kappa shape index (κ3) is 5.73. The monoisotopic (exact) mass is 424 g/mol. The van der Waals surface area contributed by atoms with Crippen LogP contribution in [0.15, 0.2) is 28.0 Å². The Balaban J connectivity index is 1.63. The van der Waals surface area contributed by atoms with E-state index in [-0.39, 0.29) is 40.2 Å². The lowest BCUT2D eigenvalue weighted by molar-refractivity contribution is -0.121. The predicted octanol–water partition coefficient (Wildman–Crippen LogP) is 3.51. The summed E-state index contributed by atoms with van der Waals surface area (Å²) in [6, 6.07) is 4.98. The van der Waals surface area contributed by atoms with Gasteiger partial charge in [-0.05, 0) is 31.0 Å². The first-order valence-corrected chi connectivity index (χ1v) is 12.5. The molecule has 1 aromatic rings. The molecule has 0 bridgehead atoms. The number of amides is 2. The average molecular weight is 425 g/mol. The molecule has 0 spiro atoms. The maximum atomic E-state index is 12.7. The second-order valence-corrected chi connectivity index (χ2v) is 11.3. The van der Waals surface area contributed by atoms with Crippen molar-refractivity contribution in [2.45, 2.75) is 79.4 Å². The van der Waals surface area contributed by atoms with Gasteiger partial charge in [-0.25, -0.2) is 8.42 Å². The van der Waals surface area contributed by atoms with Gasteiger partial charge in [0.25, 0.3) is 0 Å². The van der Waals surface area contributed by atoms with E-state index in [4.69, 9.17) is 0 Å². The Labute approximate surface area is 171 Å². The molecule has 1 aliphatic carbocycles. The van der Waals surface area contributed by atoms with Crippen molar-refractivity contribution in [3.63, 3.8) is 0 Å². The summed E-state index contributed by atoms with van der Waals surface area (Å²) >= 11 is 1.55. The van der Waals surface area contributed by atoms with Crippen LogP contribution in [0.1, 0.15) is 58.3 Å². The Morgan fingerprint density at radius 2 is 1.93 bits per heavy atom. The van der Waals surface area contributed by atoms with Crippen molar-refractivity contribution >= 4 is 39.1 Å². The zero-order valence-electron chi connectivity index (χ0n) is 16.2. The normalized spacial score (nSPS) is 21.2. The Morgan fingerprint density at radius 1 is 1.21 bits per heavy atom. The number of carbonyl (C=O) groups is 2. The minimum Gasteiger partial charge on any atom is -0.353 e. The molecule has 1 fully saturated rings. The van der Waals surface area contributed by atoms with Crippen molar-refractivity contribution in [1.82, 2.24) is 5.32 Å². The maximum absolute atomic E-state index is 12.7. The highest BCUT2D eigenvalue weighted by Gasteiger charge is 2.23. The van der Waals surface area contributed by atoms with Gasteiger partial charge < -0.3 is 10.6 Å². The van der Waals surface area contributed by atoms with Crippen LogP contribution in [0.3, 0.4) is 0 Å². The standard InChI is InChI=1S/C20H28N2O4S2/c1-14-12-20(24)22-17-13-16(8-9-18(17)27-14)28(25,26)11-10-19(23)21-15-6-4-2-3-5-7-15/h8-9,13-15H,2-7,10-12H2,1H3,(H,21,23)(H,22,24)/t14-/m1/s1. The van der Waals surface area contributed by atoms with E-state index in [9.17, 15) is 18.0 Å². The van der Waals surface area contributed by atoms with E-state index in [0.29, 0.717) is 12.1 Å². The molecule has 1 aliphatic heterocycles. The first kappa shape index (κ1) is 21.2. The van der Waals surface area contributed by atoms with Crippen molar-refractivity contribution in [3.05, 3.63) is 18.2 Å². The van der Waals surface area contributed by atoms with E-state index in [1.807, 2.05) is 6.92 Å². The molecule has 2 N–H and O–H groups in total. The Morgan fingerprint density at radius 3 is 2.64 bits per heavy atom. The highest BCUT2D eigenvalue weighted by Crippen LogP contribution is 2.36. The second-order valence-electron chi connectivity index (χ2n) is 7.66. The van der Waals surface area contributed by atoms with Gasteiger partial charge in [-0.15, -0.1) is 11.8 Å². The lowest BCUT2D eigenvalue weighted by Gasteiger charge is -2.16. The van der Waals surface area contributed by atoms with Crippen LogP contribution in [0, 0.1) is 0 Å². The van der Waals surface area contributed by atoms with Crippen LogP contribution in [-0.4, -0.2) is 37.3 Å². The molecule has 0 unspecified atom stereocenters. The van der Waals surface area contributed by atoms with Gasteiger partial charge in [0, 0.05) is 29.0 Å². The molecule has 1 atom stereocenters. The molecule has 1 heterocycles. The second kappa shape index (κ2) is 9.31. The fourth-order valence-corrected chi connectivity index (χ4v) is 6.01. The molecule has 0 radical (unpaired) electrons. The van der Waals surface area contributed by atoms with Gasteiger partial charge in [0.05, 0.1) is 16.3 Å². The molecule has 0 aromatic heterocycles. The van der Waals surface area contributed by atoms with Gasteiger partial charge >= 0.3 is 0 Å². The van der Waals surface area contributed by atoms with E-state index in [1.165, 1.54) is 18.9 Å². The van der Waals surface area contributed by atoms with Crippen molar-refractivity contribution in [3.8, 4) is 0 Å². The number of fused-ring (bicyclic) bond motifs is 1. The number of nitrogens with one attached hydrogen (secondary N) is 2. The van der Waals surface area contributed by atoms with Gasteiger partial charge in [0.1, 0.15) is 0 Å². The Hall–Kier alpha value is -1.54. The van der Waals surface area contributed by atoms with Crippen LogP contribution in [0.25, 0.3) is 0 Å².